The van der Waals surface area contributed by atoms with Crippen LogP contribution in [0.1, 0.15) is 27.6 Å². The summed E-state index contributed by atoms with van der Waals surface area (Å²) in [6.07, 6.45) is 0.106. The number of amides is 2. The molecule has 1 aromatic rings. The number of hydrogen-bond donors (Lipinski definition) is 1. The van der Waals surface area contributed by atoms with E-state index in [0.29, 0.717) is 19.6 Å². The minimum atomic E-state index is -1.99. The lowest BCUT2D eigenvalue weighted by atomic mass is 9.89. The van der Waals surface area contributed by atoms with Crippen LogP contribution in [0.25, 0.3) is 0 Å². The molecule has 0 saturated carbocycles. The number of ether oxygens (including phenoxy) is 1. The standard InChI is InChI=1S/C16H19N3O3/c1-2-22-16(21)18-7-6-13-11(8-18)10-4-3-5-12-15(10)19(13)9-14(20)17-12/h3-5,11,13H,2,6-9H2,1H3,(H,17,20)/t11-,13-/m0/s1/i2D2. The number of nitrogens with zero attached hydrogens (tertiary/aromatic N) is 2. The Morgan fingerprint density at radius 1 is 1.55 bits per heavy atom. The number of rotatable bonds is 1. The smallest absolute Gasteiger partial charge is 0.409 e. The van der Waals surface area contributed by atoms with Gasteiger partial charge in [-0.05, 0) is 25.0 Å². The van der Waals surface area contributed by atoms with Gasteiger partial charge in [0.25, 0.3) is 0 Å². The fourth-order valence-corrected chi connectivity index (χ4v) is 3.92. The number of likely N-dealkylation sites (tertiary alicyclic amines) is 1. The van der Waals surface area contributed by atoms with Gasteiger partial charge in [0.05, 0.1) is 27.2 Å². The first-order chi connectivity index (χ1) is 11.3. The average Bonchev–Trinajstić information content (AvgIpc) is 2.81. The molecule has 1 saturated heterocycles. The summed E-state index contributed by atoms with van der Waals surface area (Å²) in [5.41, 5.74) is 3.03. The number of para-hydroxylation sites is 1. The Labute approximate surface area is 131 Å². The molecule has 4 rings (SSSR count). The van der Waals surface area contributed by atoms with Gasteiger partial charge in [0.15, 0.2) is 0 Å². The van der Waals surface area contributed by atoms with Gasteiger partial charge >= 0.3 is 6.09 Å². The highest BCUT2D eigenvalue weighted by molar-refractivity contribution is 6.03. The molecule has 1 aromatic carbocycles. The van der Waals surface area contributed by atoms with Crippen molar-refractivity contribution in [2.45, 2.75) is 25.3 Å². The van der Waals surface area contributed by atoms with E-state index in [-0.39, 0.29) is 17.9 Å². The van der Waals surface area contributed by atoms with E-state index in [1.54, 1.807) is 4.90 Å². The van der Waals surface area contributed by atoms with Crippen LogP contribution in [0.3, 0.4) is 0 Å². The van der Waals surface area contributed by atoms with Crippen molar-refractivity contribution in [3.05, 3.63) is 23.8 Å². The molecule has 0 bridgehead atoms. The van der Waals surface area contributed by atoms with Crippen LogP contribution < -0.4 is 10.2 Å². The Bertz CT molecular complexity index is 719. The van der Waals surface area contributed by atoms with E-state index in [1.165, 1.54) is 6.92 Å². The van der Waals surface area contributed by atoms with Gasteiger partial charge in [-0.25, -0.2) is 4.79 Å². The Kier molecular flexibility index (Phi) is 2.53. The van der Waals surface area contributed by atoms with E-state index in [4.69, 9.17) is 7.48 Å². The van der Waals surface area contributed by atoms with Crippen molar-refractivity contribution in [3.63, 3.8) is 0 Å². The van der Waals surface area contributed by atoms with E-state index in [1.807, 2.05) is 18.2 Å². The number of hydrogen-bond acceptors (Lipinski definition) is 4. The normalized spacial score (nSPS) is 27.4. The van der Waals surface area contributed by atoms with Gasteiger partial charge in [-0.3, -0.25) is 4.79 Å². The molecule has 0 aliphatic carbocycles. The molecular formula is C16H19N3O3. The summed E-state index contributed by atoms with van der Waals surface area (Å²) in [6.45, 7) is 0.543. The fourth-order valence-electron chi connectivity index (χ4n) is 3.92. The lowest BCUT2D eigenvalue weighted by molar-refractivity contribution is -0.115. The molecule has 2 amide bonds. The summed E-state index contributed by atoms with van der Waals surface area (Å²) in [5.74, 6) is 0.0954. The first kappa shape index (κ1) is 11.3. The van der Waals surface area contributed by atoms with Crippen LogP contribution in [0.15, 0.2) is 18.2 Å². The van der Waals surface area contributed by atoms with Crippen molar-refractivity contribution in [1.82, 2.24) is 4.90 Å². The van der Waals surface area contributed by atoms with Gasteiger partial charge < -0.3 is 19.9 Å². The van der Waals surface area contributed by atoms with Gasteiger partial charge in [-0.1, -0.05) is 12.1 Å². The number of nitrogens with one attached hydrogen (secondary N) is 1. The Hall–Kier alpha value is -2.24. The van der Waals surface area contributed by atoms with E-state index in [0.717, 1.165) is 23.4 Å². The lowest BCUT2D eigenvalue weighted by Crippen LogP contribution is -2.50. The van der Waals surface area contributed by atoms with Crippen molar-refractivity contribution in [2.75, 3.05) is 36.4 Å². The van der Waals surface area contributed by atoms with Crippen molar-refractivity contribution in [2.24, 2.45) is 0 Å². The number of anilines is 2. The Morgan fingerprint density at radius 3 is 3.23 bits per heavy atom. The number of carbonyl (C=O) groups excluding carboxylic acids is 2. The zero-order chi connectivity index (χ0) is 17.1. The number of benzene rings is 1. The summed E-state index contributed by atoms with van der Waals surface area (Å²) >= 11 is 0. The molecule has 3 aliphatic heterocycles. The van der Waals surface area contributed by atoms with Gasteiger partial charge in [0, 0.05) is 25.0 Å². The molecule has 0 unspecified atom stereocenters. The number of piperidine rings is 1. The van der Waals surface area contributed by atoms with Gasteiger partial charge in [-0.2, -0.15) is 0 Å². The molecule has 0 aromatic heterocycles. The summed E-state index contributed by atoms with van der Waals surface area (Å²) in [7, 11) is 0. The summed E-state index contributed by atoms with van der Waals surface area (Å²) in [4.78, 5) is 27.8. The van der Waals surface area contributed by atoms with Crippen molar-refractivity contribution >= 4 is 23.4 Å². The molecule has 0 spiro atoms. The molecule has 22 heavy (non-hydrogen) atoms. The van der Waals surface area contributed by atoms with Gasteiger partial charge in [0.1, 0.15) is 0 Å². The SMILES string of the molecule is [2H]C([2H])(C)OC(=O)N1CC[C@H]2[C@@H](C1)c1cccc3c1N2CC(=O)N3. The van der Waals surface area contributed by atoms with Crippen molar-refractivity contribution in [1.29, 1.82) is 0 Å². The molecule has 116 valence electrons. The second-order valence-corrected chi connectivity index (χ2v) is 5.90. The number of carbonyl (C=O) groups is 2. The third-order valence-electron chi connectivity index (χ3n) is 4.77. The van der Waals surface area contributed by atoms with E-state index in [9.17, 15) is 9.59 Å². The number of fused-ring (bicyclic) bond motifs is 3. The van der Waals surface area contributed by atoms with Gasteiger partial charge in [-0.15, -0.1) is 0 Å². The topological polar surface area (TPSA) is 61.9 Å². The minimum absolute atomic E-state index is 0.0127. The molecule has 1 N–H and O–H groups in total. The molecule has 3 aliphatic rings. The van der Waals surface area contributed by atoms with Crippen LogP contribution in [0.2, 0.25) is 0 Å². The predicted octanol–water partition coefficient (Wildman–Crippen LogP) is 1.77. The molecule has 2 atom stereocenters. The lowest BCUT2D eigenvalue weighted by Gasteiger charge is -2.39. The van der Waals surface area contributed by atoms with Crippen molar-refractivity contribution in [3.8, 4) is 0 Å². The fraction of sp³-hybridized carbons (Fsp3) is 0.500. The molecule has 0 radical (unpaired) electrons. The Balaban J connectivity index is 1.61. The van der Waals surface area contributed by atoms with Crippen LogP contribution in [0, 0.1) is 0 Å². The van der Waals surface area contributed by atoms with Crippen LogP contribution in [0.4, 0.5) is 16.2 Å². The zero-order valence-electron chi connectivity index (χ0n) is 14.3. The van der Waals surface area contributed by atoms with Crippen LogP contribution in [-0.2, 0) is 9.53 Å². The highest BCUT2D eigenvalue weighted by atomic mass is 16.6. The maximum Gasteiger partial charge on any atom is 0.409 e. The summed E-state index contributed by atoms with van der Waals surface area (Å²) in [5, 5.41) is 2.91. The summed E-state index contributed by atoms with van der Waals surface area (Å²) in [6, 6.07) is 6.05. The Morgan fingerprint density at radius 2 is 2.41 bits per heavy atom. The molecule has 3 heterocycles. The first-order valence-electron chi connectivity index (χ1n) is 8.51. The zero-order valence-corrected chi connectivity index (χ0v) is 12.3. The first-order valence-corrected chi connectivity index (χ1v) is 7.51. The second kappa shape index (κ2) is 4.90. The van der Waals surface area contributed by atoms with Crippen LogP contribution in [0.5, 0.6) is 0 Å². The molecule has 6 heteroatoms. The molecule has 1 fully saturated rings. The van der Waals surface area contributed by atoms with Crippen LogP contribution >= 0.6 is 0 Å². The summed E-state index contributed by atoms with van der Waals surface area (Å²) < 4.78 is 19.7. The molecule has 6 nitrogen and oxygen atoms in total. The second-order valence-electron chi connectivity index (χ2n) is 5.90. The van der Waals surface area contributed by atoms with E-state index >= 15 is 0 Å². The monoisotopic (exact) mass is 303 g/mol. The molecular weight excluding hydrogens is 282 g/mol. The third kappa shape index (κ3) is 1.86. The third-order valence-corrected chi connectivity index (χ3v) is 4.77. The van der Waals surface area contributed by atoms with Crippen molar-refractivity contribution < 1.29 is 17.1 Å². The maximum absolute atomic E-state index is 12.2. The quantitative estimate of drug-likeness (QED) is 0.859. The van der Waals surface area contributed by atoms with E-state index in [2.05, 4.69) is 10.2 Å². The minimum Gasteiger partial charge on any atom is -0.450 e. The largest absolute Gasteiger partial charge is 0.450 e. The van der Waals surface area contributed by atoms with Gasteiger partial charge in [0.2, 0.25) is 5.91 Å². The maximum atomic E-state index is 12.2. The van der Waals surface area contributed by atoms with E-state index < -0.39 is 12.7 Å². The van der Waals surface area contributed by atoms with Crippen LogP contribution in [-0.4, -0.2) is 49.1 Å². The highest BCUT2D eigenvalue weighted by Gasteiger charge is 2.46. The average molecular weight is 303 g/mol. The highest BCUT2D eigenvalue weighted by Crippen LogP contribution is 2.49. The predicted molar refractivity (Wildman–Crippen MR) is 82.2 cm³/mol.